The summed E-state index contributed by atoms with van der Waals surface area (Å²) in [6.45, 7) is 1.81. The van der Waals surface area contributed by atoms with E-state index in [0.29, 0.717) is 16.3 Å². The third kappa shape index (κ3) is 3.03. The number of hydrogen-bond donors (Lipinski definition) is 1. The third-order valence-electron chi connectivity index (χ3n) is 3.54. The first-order valence-electron chi connectivity index (χ1n) is 6.78. The fraction of sp³-hybridized carbons (Fsp3) is 0.133. The third-order valence-corrected chi connectivity index (χ3v) is 4.29. The molecule has 0 aliphatic carbocycles. The number of aromatic nitrogens is 3. The number of primary sulfonamides is 1. The van der Waals surface area contributed by atoms with Crippen LogP contribution >= 0.6 is 11.6 Å². The van der Waals surface area contributed by atoms with Crippen molar-refractivity contribution >= 4 is 38.6 Å². The Morgan fingerprint density at radius 3 is 2.74 bits per heavy atom. The highest BCUT2D eigenvalue weighted by Crippen LogP contribution is 2.27. The van der Waals surface area contributed by atoms with Crippen LogP contribution in [0, 0.1) is 6.92 Å². The molecular weight excluding hydrogens is 336 g/mol. The molecule has 3 rings (SSSR count). The van der Waals surface area contributed by atoms with E-state index in [1.165, 1.54) is 6.08 Å². The first kappa shape index (κ1) is 15.8. The molecule has 0 saturated carbocycles. The maximum Gasteiger partial charge on any atom is 0.231 e. The van der Waals surface area contributed by atoms with Crippen LogP contribution in [0.5, 0.6) is 0 Å². The van der Waals surface area contributed by atoms with Crippen molar-refractivity contribution in [2.24, 2.45) is 12.2 Å². The van der Waals surface area contributed by atoms with Crippen LogP contribution in [-0.4, -0.2) is 22.8 Å². The van der Waals surface area contributed by atoms with Gasteiger partial charge in [0, 0.05) is 34.6 Å². The van der Waals surface area contributed by atoms with Gasteiger partial charge >= 0.3 is 0 Å². The molecule has 0 radical (unpaired) electrons. The van der Waals surface area contributed by atoms with Gasteiger partial charge in [-0.2, -0.15) is 5.10 Å². The van der Waals surface area contributed by atoms with E-state index < -0.39 is 10.0 Å². The van der Waals surface area contributed by atoms with Crippen LogP contribution in [0.2, 0.25) is 5.02 Å². The Kier molecular flexibility index (Phi) is 3.79. The van der Waals surface area contributed by atoms with Gasteiger partial charge in [0.15, 0.2) is 0 Å². The summed E-state index contributed by atoms with van der Waals surface area (Å²) in [7, 11) is -1.90. The second-order valence-electron chi connectivity index (χ2n) is 5.23. The maximum absolute atomic E-state index is 11.2. The fourth-order valence-electron chi connectivity index (χ4n) is 2.60. The van der Waals surface area contributed by atoms with Crippen LogP contribution in [0.4, 0.5) is 0 Å². The molecule has 1 aromatic carbocycles. The standard InChI is InChI=1S/C15H15ClN4O2S/c1-10-13(6-8-23(17,21)22)15(19(2)18-10)20-7-5-11-9-12(16)3-4-14(11)20/h3-9H,1-2H3,(H2,17,21,22)/b8-6+. The van der Waals surface area contributed by atoms with E-state index in [1.807, 2.05) is 42.0 Å². The molecule has 2 aromatic heterocycles. The number of nitrogens with zero attached hydrogens (tertiary/aromatic N) is 3. The minimum absolute atomic E-state index is 0.658. The van der Waals surface area contributed by atoms with Gasteiger partial charge in [-0.15, -0.1) is 0 Å². The highest BCUT2D eigenvalue weighted by atomic mass is 35.5. The molecule has 120 valence electrons. The van der Waals surface area contributed by atoms with Gasteiger partial charge in [-0.3, -0.25) is 4.68 Å². The predicted molar refractivity (Wildman–Crippen MR) is 91.9 cm³/mol. The van der Waals surface area contributed by atoms with Gasteiger partial charge in [0.1, 0.15) is 5.82 Å². The summed E-state index contributed by atoms with van der Waals surface area (Å²) < 4.78 is 26.1. The molecule has 0 aliphatic rings. The molecule has 0 bridgehead atoms. The Labute approximate surface area is 138 Å². The van der Waals surface area contributed by atoms with Crippen LogP contribution < -0.4 is 5.14 Å². The van der Waals surface area contributed by atoms with Crippen LogP contribution in [0.15, 0.2) is 35.9 Å². The van der Waals surface area contributed by atoms with Crippen LogP contribution in [0.25, 0.3) is 22.8 Å². The molecule has 0 aliphatic heterocycles. The number of aryl methyl sites for hydroxylation is 2. The lowest BCUT2D eigenvalue weighted by Crippen LogP contribution is -2.07. The summed E-state index contributed by atoms with van der Waals surface area (Å²) in [5.74, 6) is 0.750. The minimum atomic E-state index is -3.71. The van der Waals surface area contributed by atoms with Gasteiger partial charge in [0.25, 0.3) is 0 Å². The first-order chi connectivity index (χ1) is 10.8. The Balaban J connectivity index is 2.25. The number of sulfonamides is 1. The second-order valence-corrected chi connectivity index (χ2v) is 7.11. The van der Waals surface area contributed by atoms with Crippen LogP contribution in [-0.2, 0) is 17.1 Å². The first-order valence-corrected chi connectivity index (χ1v) is 8.76. The van der Waals surface area contributed by atoms with E-state index >= 15 is 0 Å². The molecule has 23 heavy (non-hydrogen) atoms. The van der Waals surface area contributed by atoms with Crippen molar-refractivity contribution in [3.05, 3.63) is 52.2 Å². The van der Waals surface area contributed by atoms with Crippen molar-refractivity contribution < 1.29 is 8.42 Å². The highest BCUT2D eigenvalue weighted by molar-refractivity contribution is 7.92. The van der Waals surface area contributed by atoms with Crippen molar-refractivity contribution in [3.8, 4) is 5.82 Å². The van der Waals surface area contributed by atoms with Crippen LogP contribution in [0.1, 0.15) is 11.3 Å². The maximum atomic E-state index is 11.2. The Bertz CT molecular complexity index is 1030. The smallest absolute Gasteiger partial charge is 0.231 e. The molecule has 2 N–H and O–H groups in total. The average molecular weight is 351 g/mol. The lowest BCUT2D eigenvalue weighted by atomic mass is 10.2. The summed E-state index contributed by atoms with van der Waals surface area (Å²) in [4.78, 5) is 0. The molecule has 0 amide bonds. The van der Waals surface area contributed by atoms with Crippen molar-refractivity contribution in [3.63, 3.8) is 0 Å². The van der Waals surface area contributed by atoms with Crippen molar-refractivity contribution in [2.45, 2.75) is 6.92 Å². The number of rotatable bonds is 3. The summed E-state index contributed by atoms with van der Waals surface area (Å²) in [6, 6.07) is 7.53. The van der Waals surface area contributed by atoms with E-state index in [4.69, 9.17) is 16.7 Å². The minimum Gasteiger partial charge on any atom is -0.301 e. The summed E-state index contributed by atoms with van der Waals surface area (Å²) in [6.07, 6.45) is 3.36. The van der Waals surface area contributed by atoms with Gasteiger partial charge in [-0.1, -0.05) is 11.6 Å². The summed E-state index contributed by atoms with van der Waals surface area (Å²) in [5.41, 5.74) is 2.34. The lowest BCUT2D eigenvalue weighted by Gasteiger charge is -2.08. The molecule has 6 nitrogen and oxygen atoms in total. The number of fused-ring (bicyclic) bond motifs is 1. The van der Waals surface area contributed by atoms with Gasteiger partial charge < -0.3 is 4.57 Å². The van der Waals surface area contributed by atoms with Crippen molar-refractivity contribution in [2.75, 3.05) is 0 Å². The fourth-order valence-corrected chi connectivity index (χ4v) is 3.11. The largest absolute Gasteiger partial charge is 0.301 e. The molecular formula is C15H15ClN4O2S. The highest BCUT2D eigenvalue weighted by Gasteiger charge is 2.15. The zero-order valence-corrected chi connectivity index (χ0v) is 14.1. The van der Waals surface area contributed by atoms with Gasteiger partial charge in [-0.05, 0) is 37.3 Å². The second kappa shape index (κ2) is 5.52. The number of nitrogens with two attached hydrogens (primary N) is 1. The van der Waals surface area contributed by atoms with E-state index in [9.17, 15) is 8.42 Å². The molecule has 0 unspecified atom stereocenters. The molecule has 2 heterocycles. The van der Waals surface area contributed by atoms with E-state index in [0.717, 1.165) is 22.1 Å². The monoisotopic (exact) mass is 350 g/mol. The zero-order valence-electron chi connectivity index (χ0n) is 12.6. The Morgan fingerprint density at radius 2 is 2.04 bits per heavy atom. The average Bonchev–Trinajstić information content (AvgIpc) is 2.95. The molecule has 0 saturated heterocycles. The quantitative estimate of drug-likeness (QED) is 0.788. The normalized spacial score (nSPS) is 12.5. The molecule has 0 fully saturated rings. The van der Waals surface area contributed by atoms with Crippen molar-refractivity contribution in [1.82, 2.24) is 14.3 Å². The van der Waals surface area contributed by atoms with E-state index in [1.54, 1.807) is 11.7 Å². The zero-order chi connectivity index (χ0) is 16.8. The molecule has 0 spiro atoms. The molecule has 3 aromatic rings. The van der Waals surface area contributed by atoms with E-state index in [2.05, 4.69) is 5.10 Å². The lowest BCUT2D eigenvalue weighted by molar-refractivity contribution is 0.606. The SMILES string of the molecule is Cc1nn(C)c(-n2ccc3cc(Cl)ccc32)c1/C=C/S(N)(=O)=O. The van der Waals surface area contributed by atoms with Crippen molar-refractivity contribution in [1.29, 1.82) is 0 Å². The predicted octanol–water partition coefficient (Wildman–Crippen LogP) is 2.59. The van der Waals surface area contributed by atoms with Gasteiger partial charge in [0.2, 0.25) is 10.0 Å². The Hall–Kier alpha value is -2.09. The summed E-state index contributed by atoms with van der Waals surface area (Å²) >= 11 is 6.02. The number of halogens is 1. The van der Waals surface area contributed by atoms with Crippen LogP contribution in [0.3, 0.4) is 0 Å². The number of benzene rings is 1. The van der Waals surface area contributed by atoms with Gasteiger partial charge in [-0.25, -0.2) is 13.6 Å². The van der Waals surface area contributed by atoms with E-state index in [-0.39, 0.29) is 0 Å². The van der Waals surface area contributed by atoms with Gasteiger partial charge in [0.05, 0.1) is 11.2 Å². The topological polar surface area (TPSA) is 82.9 Å². The summed E-state index contributed by atoms with van der Waals surface area (Å²) in [5, 5.41) is 12.0. The molecule has 0 atom stereocenters. The number of hydrogen-bond acceptors (Lipinski definition) is 3. The Morgan fingerprint density at radius 1 is 1.30 bits per heavy atom. The molecule has 8 heteroatoms.